The second-order valence-corrected chi connectivity index (χ2v) is 12.0. The fraction of sp³-hybridized carbons (Fsp3) is 0.613. The van der Waals surface area contributed by atoms with Gasteiger partial charge < -0.3 is 4.74 Å². The first kappa shape index (κ1) is 28.1. The van der Waals surface area contributed by atoms with Crippen LogP contribution in [0.1, 0.15) is 76.7 Å². The number of halogens is 7. The van der Waals surface area contributed by atoms with Crippen molar-refractivity contribution >= 4 is 10.8 Å². The van der Waals surface area contributed by atoms with Crippen molar-refractivity contribution in [2.24, 2.45) is 35.5 Å². The third-order valence-electron chi connectivity index (χ3n) is 9.44. The largest absolute Gasteiger partial charge is 0.458 e. The van der Waals surface area contributed by atoms with Crippen molar-refractivity contribution in [3.8, 4) is 17.6 Å². The third-order valence-corrected chi connectivity index (χ3v) is 9.44. The smallest absolute Gasteiger partial charge is 0.432 e. The minimum atomic E-state index is -4.91. The highest BCUT2D eigenvalue weighted by Gasteiger charge is 2.48. The fourth-order valence-corrected chi connectivity index (χ4v) is 7.28. The molecule has 212 valence electrons. The summed E-state index contributed by atoms with van der Waals surface area (Å²) in [5.74, 6) is 1.58. The van der Waals surface area contributed by atoms with Crippen LogP contribution >= 0.6 is 0 Å². The summed E-state index contributed by atoms with van der Waals surface area (Å²) in [5, 5.41) is -0.335. The Morgan fingerprint density at radius 3 is 2.08 bits per heavy atom. The van der Waals surface area contributed by atoms with Gasteiger partial charge in [-0.25, -0.2) is 8.78 Å². The molecule has 3 aliphatic carbocycles. The van der Waals surface area contributed by atoms with Crippen LogP contribution in [0, 0.1) is 59.0 Å². The van der Waals surface area contributed by atoms with E-state index >= 15 is 8.78 Å². The first-order valence-corrected chi connectivity index (χ1v) is 14.0. The van der Waals surface area contributed by atoms with Gasteiger partial charge in [0.05, 0.1) is 11.5 Å². The molecule has 0 bridgehead atoms. The molecule has 5 rings (SSSR count). The molecule has 4 unspecified atom stereocenters. The quantitative estimate of drug-likeness (QED) is 0.270. The van der Waals surface area contributed by atoms with Crippen LogP contribution in [0.5, 0.6) is 5.75 Å². The van der Waals surface area contributed by atoms with Gasteiger partial charge in [0.15, 0.2) is 0 Å². The van der Waals surface area contributed by atoms with E-state index in [4.69, 9.17) is 4.74 Å². The molecule has 3 aliphatic rings. The zero-order valence-electron chi connectivity index (χ0n) is 21.9. The molecule has 2 aromatic carbocycles. The van der Waals surface area contributed by atoms with Crippen LogP contribution in [-0.2, 0) is 0 Å². The molecule has 8 heteroatoms. The van der Waals surface area contributed by atoms with Crippen molar-refractivity contribution in [1.29, 1.82) is 0 Å². The minimum absolute atomic E-state index is 0.102. The zero-order valence-corrected chi connectivity index (χ0v) is 21.9. The Hall–Kier alpha value is -2.43. The highest BCUT2D eigenvalue weighted by Crippen LogP contribution is 2.51. The predicted octanol–water partition coefficient (Wildman–Crippen LogP) is 9.66. The second kappa shape index (κ2) is 10.9. The molecule has 3 fully saturated rings. The summed E-state index contributed by atoms with van der Waals surface area (Å²) in [4.78, 5) is 0. The standard InChI is InChI=1S/C31H33F7O/c1-18-2-4-19(5-3-18)20-6-7-22-15-24(9-8-21(22)14-20)31(37,38)39-25-10-11-26-23(16-25)17-28(32)27(29(26)33)12-13-30(34,35)36/h10-11,16-22,24H,2-9,14-15H2,1H3. The molecule has 3 saturated carbocycles. The summed E-state index contributed by atoms with van der Waals surface area (Å²) in [6.07, 6.45) is 1.53. The first-order valence-electron chi connectivity index (χ1n) is 14.0. The lowest BCUT2D eigenvalue weighted by Gasteiger charge is -2.46. The van der Waals surface area contributed by atoms with Crippen LogP contribution in [0.3, 0.4) is 0 Å². The van der Waals surface area contributed by atoms with E-state index in [0.29, 0.717) is 24.7 Å². The van der Waals surface area contributed by atoms with Gasteiger partial charge >= 0.3 is 12.3 Å². The van der Waals surface area contributed by atoms with Crippen molar-refractivity contribution in [2.45, 2.75) is 83.4 Å². The van der Waals surface area contributed by atoms with E-state index in [2.05, 4.69) is 6.92 Å². The number of hydrogen-bond acceptors (Lipinski definition) is 1. The summed E-state index contributed by atoms with van der Waals surface area (Å²) in [5.41, 5.74) is -1.02. The lowest BCUT2D eigenvalue weighted by atomic mass is 9.61. The molecule has 4 atom stereocenters. The van der Waals surface area contributed by atoms with E-state index in [1.165, 1.54) is 31.6 Å². The van der Waals surface area contributed by atoms with Gasteiger partial charge in [-0.15, -0.1) is 0 Å². The maximum Gasteiger partial charge on any atom is 0.458 e. The highest BCUT2D eigenvalue weighted by atomic mass is 19.4. The number of alkyl halides is 5. The molecular formula is C31H33F7O. The average molecular weight is 555 g/mol. The summed E-state index contributed by atoms with van der Waals surface area (Å²) < 4.78 is 102. The van der Waals surface area contributed by atoms with Crippen LogP contribution in [-0.4, -0.2) is 12.3 Å². The van der Waals surface area contributed by atoms with E-state index in [-0.39, 0.29) is 22.4 Å². The maximum atomic E-state index is 15.3. The first-order chi connectivity index (χ1) is 18.4. The van der Waals surface area contributed by atoms with Crippen molar-refractivity contribution in [1.82, 2.24) is 0 Å². The molecule has 0 aromatic heterocycles. The predicted molar refractivity (Wildman–Crippen MR) is 135 cm³/mol. The van der Waals surface area contributed by atoms with Gasteiger partial charge in [0, 0.05) is 11.3 Å². The Kier molecular flexibility index (Phi) is 7.83. The Morgan fingerprint density at radius 2 is 1.38 bits per heavy atom. The fourth-order valence-electron chi connectivity index (χ4n) is 7.28. The normalized spacial score (nSPS) is 29.8. The summed E-state index contributed by atoms with van der Waals surface area (Å²) in [6, 6.07) is 4.08. The van der Waals surface area contributed by atoms with Gasteiger partial charge in [-0.1, -0.05) is 25.7 Å². The summed E-state index contributed by atoms with van der Waals surface area (Å²) in [7, 11) is 0. The number of rotatable bonds is 4. The van der Waals surface area contributed by atoms with E-state index in [1.807, 2.05) is 0 Å². The molecule has 0 saturated heterocycles. The Balaban J connectivity index is 1.25. The summed E-state index contributed by atoms with van der Waals surface area (Å²) in [6.45, 7) is 2.32. The van der Waals surface area contributed by atoms with Gasteiger partial charge in [0.25, 0.3) is 0 Å². The lowest BCUT2D eigenvalue weighted by Crippen LogP contribution is -2.42. The molecule has 0 aliphatic heterocycles. The van der Waals surface area contributed by atoms with Crippen LogP contribution < -0.4 is 4.74 Å². The van der Waals surface area contributed by atoms with Crippen LogP contribution in [0.4, 0.5) is 30.7 Å². The third kappa shape index (κ3) is 6.33. The number of hydrogen-bond donors (Lipinski definition) is 0. The topological polar surface area (TPSA) is 9.23 Å². The zero-order chi connectivity index (χ0) is 27.9. The van der Waals surface area contributed by atoms with E-state index in [0.717, 1.165) is 67.7 Å². The van der Waals surface area contributed by atoms with E-state index in [1.54, 1.807) is 0 Å². The number of benzene rings is 2. The molecule has 0 radical (unpaired) electrons. The van der Waals surface area contributed by atoms with Gasteiger partial charge in [0.2, 0.25) is 0 Å². The van der Waals surface area contributed by atoms with Crippen LogP contribution in [0.15, 0.2) is 24.3 Å². The van der Waals surface area contributed by atoms with Crippen molar-refractivity contribution in [3.63, 3.8) is 0 Å². The van der Waals surface area contributed by atoms with Crippen LogP contribution in [0.25, 0.3) is 10.8 Å². The summed E-state index contributed by atoms with van der Waals surface area (Å²) >= 11 is 0. The van der Waals surface area contributed by atoms with Gasteiger partial charge in [-0.05, 0) is 111 Å². The minimum Gasteiger partial charge on any atom is -0.432 e. The maximum absolute atomic E-state index is 15.3. The molecule has 2 aromatic rings. The number of fused-ring (bicyclic) bond motifs is 2. The molecule has 0 heterocycles. The van der Waals surface area contributed by atoms with E-state index in [9.17, 15) is 22.0 Å². The van der Waals surface area contributed by atoms with Crippen molar-refractivity contribution < 1.29 is 35.5 Å². The van der Waals surface area contributed by atoms with Gasteiger partial charge in [-0.3, -0.25) is 0 Å². The molecule has 0 spiro atoms. The Bertz CT molecular complexity index is 1250. The molecule has 39 heavy (non-hydrogen) atoms. The monoisotopic (exact) mass is 554 g/mol. The Labute approximate surface area is 224 Å². The second-order valence-electron chi connectivity index (χ2n) is 12.0. The number of ether oxygens (including phenoxy) is 1. The molecular weight excluding hydrogens is 521 g/mol. The van der Waals surface area contributed by atoms with E-state index < -0.39 is 35.4 Å². The van der Waals surface area contributed by atoms with Crippen LogP contribution in [0.2, 0.25) is 0 Å². The van der Waals surface area contributed by atoms with Crippen molar-refractivity contribution in [3.05, 3.63) is 41.5 Å². The van der Waals surface area contributed by atoms with Crippen molar-refractivity contribution in [2.75, 3.05) is 0 Å². The van der Waals surface area contributed by atoms with Gasteiger partial charge in [-0.2, -0.15) is 22.0 Å². The van der Waals surface area contributed by atoms with Gasteiger partial charge in [0.1, 0.15) is 17.4 Å². The average Bonchev–Trinajstić information content (AvgIpc) is 2.87. The lowest BCUT2D eigenvalue weighted by molar-refractivity contribution is -0.229. The highest BCUT2D eigenvalue weighted by molar-refractivity contribution is 5.86. The SMILES string of the molecule is CC1CCC(C2CCC3CC(C(F)(F)Oc4ccc5c(F)c(C#CC(F)(F)F)c(F)cc5c4)CCC3C2)CC1. The molecule has 1 nitrogen and oxygen atoms in total. The molecule has 0 N–H and O–H groups in total. The Morgan fingerprint density at radius 1 is 0.769 bits per heavy atom. The molecule has 0 amide bonds.